The van der Waals surface area contributed by atoms with Crippen LogP contribution in [0.2, 0.25) is 0 Å². The molecule has 23 heavy (non-hydrogen) atoms. The van der Waals surface area contributed by atoms with E-state index in [-0.39, 0.29) is 11.5 Å². The molecule has 4 nitrogen and oxygen atoms in total. The third-order valence-corrected chi connectivity index (χ3v) is 4.01. The summed E-state index contributed by atoms with van der Waals surface area (Å²) in [6.07, 6.45) is -0.155. The molecule has 0 amide bonds. The van der Waals surface area contributed by atoms with Gasteiger partial charge in [0.2, 0.25) is 0 Å². The number of pyridine rings is 1. The van der Waals surface area contributed by atoms with Crippen LogP contribution in [-0.2, 0) is 0 Å². The molecule has 1 aliphatic heterocycles. The Hall–Kier alpha value is -2.41. The summed E-state index contributed by atoms with van der Waals surface area (Å²) in [6.45, 7) is 4.06. The molecule has 116 valence electrons. The lowest BCUT2D eigenvalue weighted by atomic mass is 9.99. The predicted molar refractivity (Wildman–Crippen MR) is 84.6 cm³/mol. The van der Waals surface area contributed by atoms with Crippen molar-refractivity contribution in [2.24, 2.45) is 0 Å². The normalized spacial score (nSPS) is 15.1. The molecular formula is C16H9BrF2N2O2. The highest BCUT2D eigenvalue weighted by molar-refractivity contribution is 9.10. The van der Waals surface area contributed by atoms with E-state index < -0.39 is 6.29 Å². The summed E-state index contributed by atoms with van der Waals surface area (Å²) in [7, 11) is 0. The highest BCUT2D eigenvalue weighted by atomic mass is 79.9. The number of nitrogens with one attached hydrogen (secondary N) is 1. The Labute approximate surface area is 137 Å². The van der Waals surface area contributed by atoms with E-state index in [1.807, 2.05) is 6.07 Å². The zero-order chi connectivity index (χ0) is 16.2. The zero-order valence-electron chi connectivity index (χ0n) is 11.6. The van der Waals surface area contributed by atoms with Crippen molar-refractivity contribution in [2.75, 3.05) is 0 Å². The summed E-state index contributed by atoms with van der Waals surface area (Å²) in [5.41, 5.74) is 2.87. The fourth-order valence-electron chi connectivity index (χ4n) is 2.52. The second-order valence-corrected chi connectivity index (χ2v) is 5.98. The van der Waals surface area contributed by atoms with Crippen molar-refractivity contribution in [3.8, 4) is 11.5 Å². The highest BCUT2D eigenvalue weighted by Crippen LogP contribution is 2.43. The Bertz CT molecular complexity index is 952. The van der Waals surface area contributed by atoms with Crippen LogP contribution in [0.4, 0.5) is 8.78 Å². The van der Waals surface area contributed by atoms with E-state index in [1.165, 1.54) is 12.1 Å². The van der Waals surface area contributed by atoms with E-state index >= 15 is 0 Å². The molecule has 0 aliphatic carbocycles. The summed E-state index contributed by atoms with van der Waals surface area (Å²) in [6, 6.07) is 6.51. The minimum atomic E-state index is -3.63. The van der Waals surface area contributed by atoms with Crippen LogP contribution < -0.4 is 9.47 Å². The van der Waals surface area contributed by atoms with Crippen LogP contribution in [0.3, 0.4) is 0 Å². The van der Waals surface area contributed by atoms with Gasteiger partial charge < -0.3 is 14.5 Å². The molecule has 0 radical (unpaired) electrons. The lowest BCUT2D eigenvalue weighted by Gasteiger charge is -2.06. The maximum Gasteiger partial charge on any atom is 0.586 e. The number of hydrogen-bond donors (Lipinski definition) is 1. The third-order valence-electron chi connectivity index (χ3n) is 3.57. The molecule has 3 aromatic rings. The number of alkyl halides is 2. The molecule has 0 fully saturated rings. The van der Waals surface area contributed by atoms with Gasteiger partial charge in [0.25, 0.3) is 0 Å². The van der Waals surface area contributed by atoms with Crippen LogP contribution in [0.25, 0.3) is 16.6 Å². The summed E-state index contributed by atoms with van der Waals surface area (Å²) in [4.78, 5) is 7.33. The first kappa shape index (κ1) is 14.2. The van der Waals surface area contributed by atoms with Crippen molar-refractivity contribution in [3.05, 3.63) is 58.8 Å². The fourth-order valence-corrected chi connectivity index (χ4v) is 2.85. The summed E-state index contributed by atoms with van der Waals surface area (Å²) >= 11 is 3.38. The van der Waals surface area contributed by atoms with Crippen molar-refractivity contribution in [1.82, 2.24) is 9.97 Å². The van der Waals surface area contributed by atoms with E-state index in [0.717, 1.165) is 21.1 Å². The van der Waals surface area contributed by atoms with Crippen molar-refractivity contribution in [3.63, 3.8) is 0 Å². The van der Waals surface area contributed by atoms with Crippen molar-refractivity contribution >= 4 is 32.5 Å². The second kappa shape index (κ2) is 4.79. The quantitative estimate of drug-likeness (QED) is 0.702. The van der Waals surface area contributed by atoms with Crippen molar-refractivity contribution in [2.45, 2.75) is 6.29 Å². The van der Waals surface area contributed by atoms with E-state index in [1.54, 1.807) is 18.5 Å². The summed E-state index contributed by atoms with van der Waals surface area (Å²) in [5.74, 6) is 0.00249. The van der Waals surface area contributed by atoms with Gasteiger partial charge in [0.05, 0.1) is 0 Å². The first-order valence-electron chi connectivity index (χ1n) is 6.65. The first-order chi connectivity index (χ1) is 10.9. The molecule has 1 aliphatic rings. The number of hydrogen-bond acceptors (Lipinski definition) is 3. The number of ether oxygens (including phenoxy) is 2. The Balaban J connectivity index is 1.76. The third kappa shape index (κ3) is 2.37. The standard InChI is InChI=1S/C16H9BrF2N2O2/c1-8(12-7-21-15-11(12)5-10(17)6-20-15)9-2-3-13-14(4-9)23-16(18,19)22-13/h2-7H,1H2,(H,20,21). The Morgan fingerprint density at radius 3 is 2.83 bits per heavy atom. The average molecular weight is 379 g/mol. The van der Waals surface area contributed by atoms with Crippen molar-refractivity contribution in [1.29, 1.82) is 0 Å². The lowest BCUT2D eigenvalue weighted by molar-refractivity contribution is -0.286. The molecule has 2 aromatic heterocycles. The highest BCUT2D eigenvalue weighted by Gasteiger charge is 2.43. The van der Waals surface area contributed by atoms with E-state index in [4.69, 9.17) is 0 Å². The smallest absolute Gasteiger partial charge is 0.395 e. The molecule has 1 N–H and O–H groups in total. The van der Waals surface area contributed by atoms with Gasteiger partial charge in [-0.1, -0.05) is 12.6 Å². The Morgan fingerprint density at radius 2 is 2.00 bits per heavy atom. The Morgan fingerprint density at radius 1 is 1.22 bits per heavy atom. The maximum absolute atomic E-state index is 13.1. The molecule has 1 aromatic carbocycles. The van der Waals surface area contributed by atoms with Gasteiger partial charge in [-0.05, 0) is 45.3 Å². The zero-order valence-corrected chi connectivity index (χ0v) is 13.2. The van der Waals surface area contributed by atoms with Crippen LogP contribution in [0, 0.1) is 0 Å². The number of nitrogens with zero attached hydrogens (tertiary/aromatic N) is 1. The van der Waals surface area contributed by atoms with Gasteiger partial charge in [0.1, 0.15) is 5.65 Å². The van der Waals surface area contributed by atoms with Crippen molar-refractivity contribution < 1.29 is 18.3 Å². The molecule has 0 saturated heterocycles. The van der Waals surface area contributed by atoms with Gasteiger partial charge >= 0.3 is 6.29 Å². The van der Waals surface area contributed by atoms with Crippen LogP contribution in [-0.4, -0.2) is 16.3 Å². The molecule has 0 spiro atoms. The van der Waals surface area contributed by atoms with Crippen LogP contribution in [0.5, 0.6) is 11.5 Å². The lowest BCUT2D eigenvalue weighted by Crippen LogP contribution is -2.25. The van der Waals surface area contributed by atoms with Gasteiger partial charge in [0, 0.05) is 27.8 Å². The number of benzene rings is 1. The average Bonchev–Trinajstić information content (AvgIpc) is 3.03. The maximum atomic E-state index is 13.1. The van der Waals surface area contributed by atoms with E-state index in [0.29, 0.717) is 11.1 Å². The Kier molecular flexibility index (Phi) is 2.96. The van der Waals surface area contributed by atoms with Gasteiger partial charge in [-0.15, -0.1) is 8.78 Å². The van der Waals surface area contributed by atoms with Gasteiger partial charge in [0.15, 0.2) is 11.5 Å². The summed E-state index contributed by atoms with van der Waals surface area (Å²) < 4.78 is 35.9. The first-order valence-corrected chi connectivity index (χ1v) is 7.44. The van der Waals surface area contributed by atoms with Crippen LogP contribution in [0.1, 0.15) is 11.1 Å². The molecular weight excluding hydrogens is 370 g/mol. The summed E-state index contributed by atoms with van der Waals surface area (Å²) in [5, 5.41) is 0.882. The monoisotopic (exact) mass is 378 g/mol. The van der Waals surface area contributed by atoms with E-state index in [2.05, 4.69) is 42.0 Å². The topological polar surface area (TPSA) is 47.1 Å². The molecule has 0 unspecified atom stereocenters. The molecule has 3 heterocycles. The largest absolute Gasteiger partial charge is 0.586 e. The minimum Gasteiger partial charge on any atom is -0.395 e. The molecule has 0 saturated carbocycles. The second-order valence-electron chi connectivity index (χ2n) is 5.06. The van der Waals surface area contributed by atoms with Crippen LogP contribution >= 0.6 is 15.9 Å². The van der Waals surface area contributed by atoms with Gasteiger partial charge in [-0.2, -0.15) is 0 Å². The number of halogens is 3. The minimum absolute atomic E-state index is 0.00667. The van der Waals surface area contributed by atoms with E-state index in [9.17, 15) is 8.78 Å². The number of H-pyrrole nitrogens is 1. The predicted octanol–water partition coefficient (Wildman–Crippen LogP) is 4.71. The molecule has 4 rings (SSSR count). The molecule has 0 atom stereocenters. The fraction of sp³-hybridized carbons (Fsp3) is 0.0625. The number of fused-ring (bicyclic) bond motifs is 2. The number of aromatic amines is 1. The van der Waals surface area contributed by atoms with Gasteiger partial charge in [-0.3, -0.25) is 0 Å². The SMILES string of the molecule is C=C(c1ccc2c(c1)OC(F)(F)O2)c1c[nH]c2ncc(Br)cc12. The molecule has 7 heteroatoms. The number of aromatic nitrogens is 2. The molecule has 0 bridgehead atoms. The van der Waals surface area contributed by atoms with Crippen LogP contribution in [0.15, 0.2) is 47.7 Å². The van der Waals surface area contributed by atoms with Gasteiger partial charge in [-0.25, -0.2) is 4.98 Å². The number of rotatable bonds is 2.